The lowest BCUT2D eigenvalue weighted by atomic mass is 9.93. The zero-order valence-corrected chi connectivity index (χ0v) is 10.2. The van der Waals surface area contributed by atoms with Gasteiger partial charge < -0.3 is 4.57 Å². The van der Waals surface area contributed by atoms with Gasteiger partial charge in [-0.25, -0.2) is 0 Å². The van der Waals surface area contributed by atoms with Crippen LogP contribution in [-0.4, -0.2) is 10.4 Å². The zero-order valence-electron chi connectivity index (χ0n) is 10.2. The minimum absolute atomic E-state index is 0.341. The van der Waals surface area contributed by atoms with Gasteiger partial charge in [0.2, 0.25) is 0 Å². The van der Waals surface area contributed by atoms with Crippen molar-refractivity contribution < 1.29 is 4.79 Å². The lowest BCUT2D eigenvalue weighted by molar-refractivity contribution is 0.0971. The SMILES string of the molecule is O=C1CCCc2c1ccn2CC1CC=CCC1. The molecule has 3 rings (SSSR count). The third-order valence-electron chi connectivity index (χ3n) is 4.03. The smallest absolute Gasteiger partial charge is 0.164 e. The minimum Gasteiger partial charge on any atom is -0.350 e. The molecular weight excluding hydrogens is 210 g/mol. The van der Waals surface area contributed by atoms with Crippen LogP contribution in [0.3, 0.4) is 0 Å². The van der Waals surface area contributed by atoms with Crippen LogP contribution >= 0.6 is 0 Å². The highest BCUT2D eigenvalue weighted by molar-refractivity contribution is 5.98. The van der Waals surface area contributed by atoms with Crippen LogP contribution in [0.5, 0.6) is 0 Å². The number of fused-ring (bicyclic) bond motifs is 1. The first-order valence-electron chi connectivity index (χ1n) is 6.71. The zero-order chi connectivity index (χ0) is 11.7. The number of allylic oxidation sites excluding steroid dienone is 2. The van der Waals surface area contributed by atoms with E-state index >= 15 is 0 Å². The molecule has 0 radical (unpaired) electrons. The molecule has 1 heterocycles. The van der Waals surface area contributed by atoms with E-state index in [4.69, 9.17) is 0 Å². The number of carbonyl (C=O) groups is 1. The predicted molar refractivity (Wildman–Crippen MR) is 68.2 cm³/mol. The number of hydrogen-bond donors (Lipinski definition) is 0. The molecule has 0 N–H and O–H groups in total. The van der Waals surface area contributed by atoms with Gasteiger partial charge in [0.25, 0.3) is 0 Å². The van der Waals surface area contributed by atoms with Gasteiger partial charge in [0.05, 0.1) is 0 Å². The molecule has 90 valence electrons. The predicted octanol–water partition coefficient (Wildman–Crippen LogP) is 3.36. The van der Waals surface area contributed by atoms with Crippen molar-refractivity contribution in [2.45, 2.75) is 45.1 Å². The fourth-order valence-electron chi connectivity index (χ4n) is 3.06. The second-order valence-electron chi connectivity index (χ2n) is 5.26. The number of Topliss-reactive ketones (excluding diaryl/α,β-unsaturated/α-hetero) is 1. The second kappa shape index (κ2) is 4.52. The summed E-state index contributed by atoms with van der Waals surface area (Å²) in [5.41, 5.74) is 2.28. The number of hydrogen-bond acceptors (Lipinski definition) is 1. The third-order valence-corrected chi connectivity index (χ3v) is 4.03. The van der Waals surface area contributed by atoms with Gasteiger partial charge in [0, 0.05) is 30.4 Å². The van der Waals surface area contributed by atoms with Crippen molar-refractivity contribution >= 4 is 5.78 Å². The Bertz CT molecular complexity index is 455. The highest BCUT2D eigenvalue weighted by Gasteiger charge is 2.21. The Hall–Kier alpha value is -1.31. The van der Waals surface area contributed by atoms with E-state index in [0.717, 1.165) is 37.3 Å². The van der Waals surface area contributed by atoms with Crippen molar-refractivity contribution in [2.75, 3.05) is 0 Å². The van der Waals surface area contributed by atoms with E-state index in [-0.39, 0.29) is 0 Å². The lowest BCUT2D eigenvalue weighted by Gasteiger charge is -2.21. The summed E-state index contributed by atoms with van der Waals surface area (Å²) in [5.74, 6) is 1.10. The van der Waals surface area contributed by atoms with E-state index in [1.807, 2.05) is 6.07 Å². The summed E-state index contributed by atoms with van der Waals surface area (Å²) in [6.45, 7) is 1.09. The highest BCUT2D eigenvalue weighted by atomic mass is 16.1. The maximum Gasteiger partial charge on any atom is 0.164 e. The number of ketones is 1. The molecule has 2 nitrogen and oxygen atoms in total. The van der Waals surface area contributed by atoms with E-state index < -0.39 is 0 Å². The van der Waals surface area contributed by atoms with Gasteiger partial charge in [-0.2, -0.15) is 0 Å². The molecule has 0 saturated carbocycles. The summed E-state index contributed by atoms with van der Waals surface area (Å²) in [5, 5.41) is 0. The molecular formula is C15H19NO. The summed E-state index contributed by atoms with van der Waals surface area (Å²) in [7, 11) is 0. The van der Waals surface area contributed by atoms with Crippen LogP contribution in [0.4, 0.5) is 0 Å². The Morgan fingerprint density at radius 1 is 1.29 bits per heavy atom. The molecule has 17 heavy (non-hydrogen) atoms. The molecule has 1 atom stereocenters. The van der Waals surface area contributed by atoms with Crippen LogP contribution < -0.4 is 0 Å². The van der Waals surface area contributed by atoms with E-state index in [0.29, 0.717) is 5.78 Å². The van der Waals surface area contributed by atoms with Crippen molar-refractivity contribution in [3.8, 4) is 0 Å². The van der Waals surface area contributed by atoms with E-state index in [1.165, 1.54) is 25.0 Å². The fourth-order valence-corrected chi connectivity index (χ4v) is 3.06. The molecule has 0 bridgehead atoms. The van der Waals surface area contributed by atoms with Crippen LogP contribution in [0.2, 0.25) is 0 Å². The molecule has 1 aromatic rings. The highest BCUT2D eigenvalue weighted by Crippen LogP contribution is 2.26. The van der Waals surface area contributed by atoms with Gasteiger partial charge in [0.15, 0.2) is 5.78 Å². The summed E-state index contributed by atoms with van der Waals surface area (Å²) in [6.07, 6.45) is 13.2. The molecule has 2 heteroatoms. The van der Waals surface area contributed by atoms with E-state index in [9.17, 15) is 4.79 Å². The Balaban J connectivity index is 1.79. The maximum atomic E-state index is 11.8. The van der Waals surface area contributed by atoms with Crippen molar-refractivity contribution in [2.24, 2.45) is 5.92 Å². The maximum absolute atomic E-state index is 11.8. The Morgan fingerprint density at radius 2 is 2.24 bits per heavy atom. The molecule has 0 spiro atoms. The van der Waals surface area contributed by atoms with Crippen LogP contribution in [0.15, 0.2) is 24.4 Å². The fraction of sp³-hybridized carbons (Fsp3) is 0.533. The van der Waals surface area contributed by atoms with E-state index in [2.05, 4.69) is 22.9 Å². The molecule has 1 aromatic heterocycles. The molecule has 0 saturated heterocycles. The van der Waals surface area contributed by atoms with Crippen LogP contribution in [-0.2, 0) is 13.0 Å². The van der Waals surface area contributed by atoms with Gasteiger partial charge >= 0.3 is 0 Å². The molecule has 0 aliphatic heterocycles. The van der Waals surface area contributed by atoms with Crippen molar-refractivity contribution in [1.82, 2.24) is 4.57 Å². The van der Waals surface area contributed by atoms with Crippen LogP contribution in [0, 0.1) is 5.92 Å². The molecule has 2 aliphatic rings. The van der Waals surface area contributed by atoms with Gasteiger partial charge in [-0.1, -0.05) is 12.2 Å². The second-order valence-corrected chi connectivity index (χ2v) is 5.26. The first-order chi connectivity index (χ1) is 8.34. The average Bonchev–Trinajstić information content (AvgIpc) is 2.76. The number of nitrogens with zero attached hydrogens (tertiary/aromatic N) is 1. The molecule has 1 unspecified atom stereocenters. The summed E-state index contributed by atoms with van der Waals surface area (Å²) >= 11 is 0. The van der Waals surface area contributed by atoms with Gasteiger partial charge in [0.1, 0.15) is 0 Å². The number of aromatic nitrogens is 1. The Morgan fingerprint density at radius 3 is 3.06 bits per heavy atom. The average molecular weight is 229 g/mol. The van der Waals surface area contributed by atoms with E-state index in [1.54, 1.807) is 0 Å². The Kier molecular flexibility index (Phi) is 2.87. The first-order valence-corrected chi connectivity index (χ1v) is 6.71. The largest absolute Gasteiger partial charge is 0.350 e. The van der Waals surface area contributed by atoms with Crippen LogP contribution in [0.25, 0.3) is 0 Å². The molecule has 0 aromatic carbocycles. The van der Waals surface area contributed by atoms with Gasteiger partial charge in [-0.3, -0.25) is 4.79 Å². The minimum atomic E-state index is 0.341. The molecule has 2 aliphatic carbocycles. The Labute approximate surface area is 102 Å². The molecule has 0 fully saturated rings. The third kappa shape index (κ3) is 2.08. The van der Waals surface area contributed by atoms with Gasteiger partial charge in [-0.15, -0.1) is 0 Å². The monoisotopic (exact) mass is 229 g/mol. The quantitative estimate of drug-likeness (QED) is 0.713. The first kappa shape index (κ1) is 10.8. The van der Waals surface area contributed by atoms with Crippen molar-refractivity contribution in [3.63, 3.8) is 0 Å². The summed E-state index contributed by atoms with van der Waals surface area (Å²) in [4.78, 5) is 11.8. The molecule has 0 amide bonds. The van der Waals surface area contributed by atoms with Gasteiger partial charge in [-0.05, 0) is 44.1 Å². The summed E-state index contributed by atoms with van der Waals surface area (Å²) < 4.78 is 2.33. The normalized spacial score (nSPS) is 23.8. The lowest BCUT2D eigenvalue weighted by Crippen LogP contribution is -2.17. The number of rotatable bonds is 2. The summed E-state index contributed by atoms with van der Waals surface area (Å²) in [6, 6.07) is 2.02. The number of carbonyl (C=O) groups excluding carboxylic acids is 1. The van der Waals surface area contributed by atoms with Crippen LogP contribution in [0.1, 0.15) is 48.2 Å². The van der Waals surface area contributed by atoms with Crippen molar-refractivity contribution in [3.05, 3.63) is 35.7 Å². The standard InChI is InChI=1S/C15H19NO/c17-15-8-4-7-14-13(15)9-10-16(14)11-12-5-2-1-3-6-12/h1-2,9-10,12H,3-8,11H2. The topological polar surface area (TPSA) is 22.0 Å². The van der Waals surface area contributed by atoms with Crippen molar-refractivity contribution in [1.29, 1.82) is 0 Å².